The summed E-state index contributed by atoms with van der Waals surface area (Å²) in [5.74, 6) is -0.700. The summed E-state index contributed by atoms with van der Waals surface area (Å²) in [7, 11) is 0. The first-order chi connectivity index (χ1) is 12.2. The van der Waals surface area contributed by atoms with Gasteiger partial charge in [0.1, 0.15) is 48.5 Å². The predicted molar refractivity (Wildman–Crippen MR) is 81.4 cm³/mol. The molecule has 0 radical (unpaired) electrons. The zero-order valence-corrected chi connectivity index (χ0v) is 14.0. The van der Waals surface area contributed by atoms with Crippen LogP contribution in [-0.2, 0) is 19.0 Å². The van der Waals surface area contributed by atoms with Crippen molar-refractivity contribution in [1.82, 2.24) is 0 Å². The molecule has 2 saturated heterocycles. The molecule has 0 aromatic rings. The molecule has 26 heavy (non-hydrogen) atoms. The smallest absolute Gasteiger partial charge is 0.187 e. The Hall–Kier alpha value is -1.15. The summed E-state index contributed by atoms with van der Waals surface area (Å²) >= 11 is 0. The second-order valence-electron chi connectivity index (χ2n) is 6.23. The minimum Gasteiger partial charge on any atom is -0.487 e. The van der Waals surface area contributed by atoms with Crippen LogP contribution in [0.1, 0.15) is 6.92 Å². The van der Waals surface area contributed by atoms with Gasteiger partial charge >= 0.3 is 0 Å². The average molecular weight is 380 g/mol. The van der Waals surface area contributed by atoms with Crippen LogP contribution >= 0.6 is 0 Å². The largest absolute Gasteiger partial charge is 0.487 e. The van der Waals surface area contributed by atoms with E-state index >= 15 is 0 Å². The Morgan fingerprint density at radius 2 is 1.62 bits per heavy atom. The Kier molecular flexibility index (Phi) is 7.07. The maximum Gasteiger partial charge on any atom is 0.187 e. The van der Waals surface area contributed by atoms with Crippen LogP contribution in [-0.4, -0.2) is 110 Å². The van der Waals surface area contributed by atoms with E-state index in [0.29, 0.717) is 0 Å². The Balaban J connectivity index is 2.18. The molecule has 7 N–H and O–H groups in total. The van der Waals surface area contributed by atoms with Crippen LogP contribution in [0.4, 0.5) is 0 Å². The van der Waals surface area contributed by atoms with Crippen LogP contribution in [0.2, 0.25) is 0 Å². The summed E-state index contributed by atoms with van der Waals surface area (Å²) in [6, 6.07) is 0. The number of carbonyl (C=O) groups is 1. The van der Waals surface area contributed by atoms with Gasteiger partial charge in [0.15, 0.2) is 18.2 Å². The second-order valence-corrected chi connectivity index (χ2v) is 6.23. The van der Waals surface area contributed by atoms with Gasteiger partial charge in [-0.2, -0.15) is 0 Å². The number of ether oxygens (including phenoxy) is 3. The van der Waals surface area contributed by atoms with Crippen LogP contribution in [0.3, 0.4) is 0 Å². The van der Waals surface area contributed by atoms with E-state index in [0.717, 1.165) is 6.08 Å². The zero-order chi connectivity index (χ0) is 19.6. The maximum atomic E-state index is 11.2. The molecule has 0 amide bonds. The van der Waals surface area contributed by atoms with Gasteiger partial charge in [-0.1, -0.05) is 0 Å². The monoisotopic (exact) mass is 380 g/mol. The van der Waals surface area contributed by atoms with E-state index in [2.05, 4.69) is 0 Å². The van der Waals surface area contributed by atoms with E-state index in [4.69, 9.17) is 14.2 Å². The molecule has 2 rings (SSSR count). The number of rotatable bonds is 5. The first-order valence-corrected chi connectivity index (χ1v) is 8.03. The predicted octanol–water partition coefficient (Wildman–Crippen LogP) is -4.24. The SMILES string of the molecule is CC(=O)/C=C1/O[C@H](CO)[C@@H](O[C@@H]2O[C@H](CO)[C@H](O)[C@H](O)[C@H]2O)[C@H](O)[C@H]1O. The summed E-state index contributed by atoms with van der Waals surface area (Å²) < 4.78 is 15.8. The molecule has 0 saturated carbocycles. The lowest BCUT2D eigenvalue weighted by Gasteiger charge is -2.44. The van der Waals surface area contributed by atoms with Crippen molar-refractivity contribution < 1.29 is 54.8 Å². The van der Waals surface area contributed by atoms with Crippen molar-refractivity contribution in [2.45, 2.75) is 62.0 Å². The third-order valence-electron chi connectivity index (χ3n) is 4.27. The fraction of sp³-hybridized carbons (Fsp3) is 0.800. The van der Waals surface area contributed by atoms with E-state index in [1.807, 2.05) is 0 Å². The number of hydrogen-bond donors (Lipinski definition) is 7. The highest BCUT2D eigenvalue weighted by molar-refractivity contribution is 5.87. The molecule has 11 heteroatoms. The van der Waals surface area contributed by atoms with Gasteiger partial charge in [0.05, 0.1) is 13.2 Å². The maximum absolute atomic E-state index is 11.2. The van der Waals surface area contributed by atoms with Gasteiger partial charge < -0.3 is 50.0 Å². The van der Waals surface area contributed by atoms with Gasteiger partial charge in [-0.05, 0) is 6.92 Å². The molecule has 11 nitrogen and oxygen atoms in total. The molecule has 0 aromatic heterocycles. The van der Waals surface area contributed by atoms with Gasteiger partial charge in [0.2, 0.25) is 0 Å². The zero-order valence-electron chi connectivity index (χ0n) is 14.0. The average Bonchev–Trinajstić information content (AvgIpc) is 2.60. The third kappa shape index (κ3) is 4.22. The Bertz CT molecular complexity index is 520. The molecule has 0 aromatic carbocycles. The molecule has 2 fully saturated rings. The minimum absolute atomic E-state index is 0.252. The molecular formula is C15H24O11. The van der Waals surface area contributed by atoms with Gasteiger partial charge in [-0.3, -0.25) is 4.79 Å². The van der Waals surface area contributed by atoms with E-state index in [1.165, 1.54) is 6.92 Å². The van der Waals surface area contributed by atoms with Gasteiger partial charge in [-0.15, -0.1) is 0 Å². The molecule has 0 aliphatic carbocycles. The highest BCUT2D eigenvalue weighted by Crippen LogP contribution is 2.30. The fourth-order valence-corrected chi connectivity index (χ4v) is 2.84. The Labute approximate surface area is 148 Å². The first kappa shape index (κ1) is 21.2. The number of aliphatic hydroxyl groups excluding tert-OH is 7. The molecule has 2 aliphatic heterocycles. The molecule has 0 spiro atoms. The Morgan fingerprint density at radius 1 is 1.00 bits per heavy atom. The van der Waals surface area contributed by atoms with Crippen molar-refractivity contribution in [2.75, 3.05) is 13.2 Å². The van der Waals surface area contributed by atoms with Crippen molar-refractivity contribution in [3.05, 3.63) is 11.8 Å². The number of hydrogen-bond acceptors (Lipinski definition) is 11. The lowest BCUT2D eigenvalue weighted by atomic mass is 9.96. The van der Waals surface area contributed by atoms with E-state index in [9.17, 15) is 40.5 Å². The fourth-order valence-electron chi connectivity index (χ4n) is 2.84. The quantitative estimate of drug-likeness (QED) is 0.229. The molecule has 0 unspecified atom stereocenters. The number of carbonyl (C=O) groups excluding carboxylic acids is 1. The molecular weight excluding hydrogens is 356 g/mol. The highest BCUT2D eigenvalue weighted by Gasteiger charge is 2.49. The van der Waals surface area contributed by atoms with E-state index < -0.39 is 74.1 Å². The van der Waals surface area contributed by atoms with Crippen LogP contribution in [0.15, 0.2) is 11.8 Å². The standard InChI is InChI=1S/C15H24O11/c1-5(18)2-6-9(19)12(22)14(8(4-17)24-6)26-15-13(23)11(21)10(20)7(3-16)25-15/h2,7-17,19-23H,3-4H2,1H3/b6-2+/t7-,8-,9+,10+,11+,12-,13-,14-,15+/m1/s1. The van der Waals surface area contributed by atoms with E-state index in [-0.39, 0.29) is 5.76 Å². The first-order valence-electron chi connectivity index (χ1n) is 8.03. The van der Waals surface area contributed by atoms with Crippen LogP contribution < -0.4 is 0 Å². The summed E-state index contributed by atoms with van der Waals surface area (Å²) in [5.41, 5.74) is 0. The van der Waals surface area contributed by atoms with Crippen molar-refractivity contribution in [1.29, 1.82) is 0 Å². The molecule has 9 atom stereocenters. The van der Waals surface area contributed by atoms with Crippen LogP contribution in [0.25, 0.3) is 0 Å². The van der Waals surface area contributed by atoms with Crippen molar-refractivity contribution in [2.24, 2.45) is 0 Å². The van der Waals surface area contributed by atoms with Gasteiger partial charge in [-0.25, -0.2) is 0 Å². The number of ketones is 1. The molecule has 0 bridgehead atoms. The summed E-state index contributed by atoms with van der Waals surface area (Å²) in [6.45, 7) is -0.132. The number of allylic oxidation sites excluding steroid dienone is 1. The van der Waals surface area contributed by atoms with Gasteiger partial charge in [0, 0.05) is 6.08 Å². The van der Waals surface area contributed by atoms with Gasteiger partial charge in [0.25, 0.3) is 0 Å². The summed E-state index contributed by atoms with van der Waals surface area (Å²) in [4.78, 5) is 11.2. The summed E-state index contributed by atoms with van der Waals surface area (Å²) in [6.07, 6.45) is -12.8. The lowest BCUT2D eigenvalue weighted by molar-refractivity contribution is -0.332. The van der Waals surface area contributed by atoms with Crippen molar-refractivity contribution in [3.8, 4) is 0 Å². The lowest BCUT2D eigenvalue weighted by Crippen LogP contribution is -2.62. The number of aliphatic hydroxyl groups is 7. The van der Waals surface area contributed by atoms with Crippen molar-refractivity contribution in [3.63, 3.8) is 0 Å². The molecule has 2 heterocycles. The Morgan fingerprint density at radius 3 is 2.15 bits per heavy atom. The van der Waals surface area contributed by atoms with E-state index in [1.54, 1.807) is 0 Å². The normalized spacial score (nSPS) is 45.4. The van der Waals surface area contributed by atoms with Crippen LogP contribution in [0, 0.1) is 0 Å². The summed E-state index contributed by atoms with van der Waals surface area (Å²) in [5, 5.41) is 68.5. The van der Waals surface area contributed by atoms with Crippen molar-refractivity contribution >= 4 is 5.78 Å². The molecule has 2 aliphatic rings. The topological polar surface area (TPSA) is 186 Å². The molecule has 150 valence electrons. The highest BCUT2D eigenvalue weighted by atomic mass is 16.7. The third-order valence-corrected chi connectivity index (χ3v) is 4.27. The minimum atomic E-state index is -1.73. The second kappa shape index (κ2) is 8.69. The van der Waals surface area contributed by atoms with Crippen LogP contribution in [0.5, 0.6) is 0 Å².